The molecular weight excluding hydrogens is 332 g/mol. The van der Waals surface area contributed by atoms with E-state index < -0.39 is 22.8 Å². The van der Waals surface area contributed by atoms with Gasteiger partial charge in [-0.15, -0.1) is 0 Å². The van der Waals surface area contributed by atoms with E-state index in [1.165, 1.54) is 0 Å². The maximum Gasteiger partial charge on any atom is 0.329 e. The quantitative estimate of drug-likeness (QED) is 0.460. The number of hydrogen-bond donors (Lipinski definition) is 2. The molecule has 0 aromatic rings. The highest BCUT2D eigenvalue weighted by molar-refractivity contribution is 5.81. The Balaban J connectivity index is 1.97. The summed E-state index contributed by atoms with van der Waals surface area (Å²) in [5, 5.41) is 20.4. The zero-order valence-electron chi connectivity index (χ0n) is 16.1. The lowest BCUT2D eigenvalue weighted by atomic mass is 9.73. The van der Waals surface area contributed by atoms with E-state index in [9.17, 15) is 9.90 Å². The summed E-state index contributed by atoms with van der Waals surface area (Å²) in [5.74, 6) is 4.15. The number of allylic oxidation sites excluding steroid dienone is 1. The van der Waals surface area contributed by atoms with Crippen LogP contribution in [0.25, 0.3) is 0 Å². The molecule has 5 heteroatoms. The monoisotopic (exact) mass is 360 g/mol. The number of fused-ring (bicyclic) bond motifs is 2. The summed E-state index contributed by atoms with van der Waals surface area (Å²) in [6.45, 7) is 9.81. The summed E-state index contributed by atoms with van der Waals surface area (Å²) < 4.78 is 12.3. The van der Waals surface area contributed by atoms with Gasteiger partial charge in [-0.1, -0.05) is 32.1 Å². The van der Waals surface area contributed by atoms with E-state index in [0.29, 0.717) is 17.6 Å². The Labute approximate surface area is 155 Å². The van der Waals surface area contributed by atoms with Gasteiger partial charge in [-0.05, 0) is 45.3 Å². The van der Waals surface area contributed by atoms with E-state index in [4.69, 9.17) is 14.6 Å². The van der Waals surface area contributed by atoms with Crippen molar-refractivity contribution in [3.05, 3.63) is 23.3 Å². The van der Waals surface area contributed by atoms with Crippen molar-refractivity contribution in [3.8, 4) is 11.8 Å². The lowest BCUT2D eigenvalue weighted by molar-refractivity contribution is -0.171. The van der Waals surface area contributed by atoms with Crippen molar-refractivity contribution in [2.24, 2.45) is 11.3 Å². The van der Waals surface area contributed by atoms with E-state index in [1.807, 2.05) is 40.7 Å². The van der Waals surface area contributed by atoms with E-state index in [2.05, 4.69) is 11.8 Å². The predicted octanol–water partition coefficient (Wildman–Crippen LogP) is 3.04. The molecule has 1 saturated carbocycles. The highest BCUT2D eigenvalue weighted by Gasteiger charge is 2.75. The molecule has 1 aliphatic heterocycles. The second-order valence-electron chi connectivity index (χ2n) is 8.09. The van der Waals surface area contributed by atoms with Gasteiger partial charge in [0.15, 0.2) is 11.4 Å². The topological polar surface area (TPSA) is 76.0 Å². The summed E-state index contributed by atoms with van der Waals surface area (Å²) in [5.41, 5.74) is -0.550. The van der Waals surface area contributed by atoms with Gasteiger partial charge < -0.3 is 19.7 Å². The lowest BCUT2D eigenvalue weighted by Crippen LogP contribution is -2.49. The molecule has 2 fully saturated rings. The van der Waals surface area contributed by atoms with E-state index in [1.54, 1.807) is 0 Å². The minimum Gasteiger partial charge on any atom is -0.478 e. The SMILES string of the molecule is CCCC(C#CC1(O)C(C)=CC2(OC(C)C(C)O2)C2CC21C)=CC(=O)O. The first-order chi connectivity index (χ1) is 12.1. The molecule has 5 atom stereocenters. The number of carboxylic acids is 1. The molecule has 1 heterocycles. The number of rotatable bonds is 3. The van der Waals surface area contributed by atoms with Crippen LogP contribution in [0.2, 0.25) is 0 Å². The van der Waals surface area contributed by atoms with Crippen molar-refractivity contribution < 1.29 is 24.5 Å². The highest BCUT2D eigenvalue weighted by Crippen LogP contribution is 2.70. The van der Waals surface area contributed by atoms with E-state index in [-0.39, 0.29) is 18.1 Å². The van der Waals surface area contributed by atoms with Crippen LogP contribution in [0.5, 0.6) is 0 Å². The summed E-state index contributed by atoms with van der Waals surface area (Å²) in [6.07, 6.45) is 5.11. The molecule has 5 nitrogen and oxygen atoms in total. The Hall–Kier alpha value is -1.61. The average Bonchev–Trinajstić information content (AvgIpc) is 3.18. The Morgan fingerprint density at radius 1 is 1.38 bits per heavy atom. The van der Waals surface area contributed by atoms with Crippen LogP contribution in [0.3, 0.4) is 0 Å². The lowest BCUT2D eigenvalue weighted by Gasteiger charge is -2.41. The minimum absolute atomic E-state index is 0.00386. The van der Waals surface area contributed by atoms with Gasteiger partial charge in [-0.2, -0.15) is 0 Å². The maximum atomic E-state index is 11.4. The van der Waals surface area contributed by atoms with Gasteiger partial charge in [0.05, 0.1) is 12.2 Å². The first-order valence-electron chi connectivity index (χ1n) is 9.32. The Morgan fingerprint density at radius 3 is 2.54 bits per heavy atom. The standard InChI is InChI=1S/C21H28O5/c1-6-7-16(10-18(22)23)8-9-20(24)13(2)11-21(17-12-19(17,20)5)25-14(3)15(4)26-21/h10-11,14-15,17,24H,6-7,12H2,1-5H3,(H,22,23). The van der Waals surface area contributed by atoms with Crippen LogP contribution >= 0.6 is 0 Å². The van der Waals surface area contributed by atoms with Crippen molar-refractivity contribution in [2.45, 2.75) is 77.5 Å². The van der Waals surface area contributed by atoms with Crippen LogP contribution in [-0.4, -0.2) is 39.8 Å². The van der Waals surface area contributed by atoms with Crippen molar-refractivity contribution in [3.63, 3.8) is 0 Å². The number of carbonyl (C=O) groups is 1. The van der Waals surface area contributed by atoms with Crippen LogP contribution in [0.1, 0.15) is 53.9 Å². The van der Waals surface area contributed by atoms with Crippen molar-refractivity contribution in [1.82, 2.24) is 0 Å². The Bertz CT molecular complexity index is 729. The Morgan fingerprint density at radius 2 is 2.00 bits per heavy atom. The van der Waals surface area contributed by atoms with E-state index in [0.717, 1.165) is 18.9 Å². The van der Waals surface area contributed by atoms with Crippen LogP contribution < -0.4 is 0 Å². The van der Waals surface area contributed by atoms with Gasteiger partial charge in [0.2, 0.25) is 0 Å². The molecule has 1 saturated heterocycles. The molecule has 3 rings (SSSR count). The maximum absolute atomic E-state index is 11.4. The second-order valence-corrected chi connectivity index (χ2v) is 8.09. The van der Waals surface area contributed by atoms with Crippen LogP contribution in [0, 0.1) is 23.2 Å². The third-order valence-corrected chi connectivity index (χ3v) is 6.16. The number of hydrogen-bond acceptors (Lipinski definition) is 4. The molecule has 2 aliphatic carbocycles. The fourth-order valence-electron chi connectivity index (χ4n) is 4.34. The first-order valence-corrected chi connectivity index (χ1v) is 9.32. The molecule has 26 heavy (non-hydrogen) atoms. The third-order valence-electron chi connectivity index (χ3n) is 6.16. The fourth-order valence-corrected chi connectivity index (χ4v) is 4.34. The molecule has 2 N–H and O–H groups in total. The molecule has 0 bridgehead atoms. The number of carboxylic acid groups (broad SMARTS) is 1. The summed E-state index contributed by atoms with van der Waals surface area (Å²) in [7, 11) is 0. The first kappa shape index (κ1) is 19.2. The average molecular weight is 360 g/mol. The van der Waals surface area contributed by atoms with Gasteiger partial charge in [0.25, 0.3) is 0 Å². The van der Waals surface area contributed by atoms with Crippen LogP contribution in [-0.2, 0) is 14.3 Å². The van der Waals surface area contributed by atoms with Gasteiger partial charge in [-0.25, -0.2) is 4.79 Å². The molecule has 5 unspecified atom stereocenters. The molecule has 0 aromatic heterocycles. The van der Waals surface area contributed by atoms with Crippen molar-refractivity contribution in [2.75, 3.05) is 0 Å². The van der Waals surface area contributed by atoms with Crippen LogP contribution in [0.4, 0.5) is 0 Å². The van der Waals surface area contributed by atoms with E-state index >= 15 is 0 Å². The van der Waals surface area contributed by atoms with Crippen molar-refractivity contribution >= 4 is 5.97 Å². The van der Waals surface area contributed by atoms with Gasteiger partial charge in [0, 0.05) is 23.0 Å². The van der Waals surface area contributed by atoms with Crippen LogP contribution in [0.15, 0.2) is 23.3 Å². The highest BCUT2D eigenvalue weighted by atomic mass is 16.8. The summed E-state index contributed by atoms with van der Waals surface area (Å²) in [6, 6.07) is 0. The molecule has 1 spiro atoms. The fraction of sp³-hybridized carbons (Fsp3) is 0.667. The largest absolute Gasteiger partial charge is 0.478 e. The third kappa shape index (κ3) is 2.81. The normalized spacial score (nSPS) is 44.2. The Kier molecular flexibility index (Phi) is 4.59. The number of aliphatic hydroxyl groups is 1. The molecule has 0 aromatic carbocycles. The smallest absolute Gasteiger partial charge is 0.329 e. The summed E-state index contributed by atoms with van der Waals surface area (Å²) >= 11 is 0. The zero-order chi connectivity index (χ0) is 19.3. The second kappa shape index (κ2) is 6.23. The number of aliphatic carboxylic acids is 1. The van der Waals surface area contributed by atoms with Crippen molar-refractivity contribution in [1.29, 1.82) is 0 Å². The predicted molar refractivity (Wildman–Crippen MR) is 97.1 cm³/mol. The molecule has 0 radical (unpaired) electrons. The molecule has 0 amide bonds. The van der Waals surface area contributed by atoms with Gasteiger partial charge in [-0.3, -0.25) is 0 Å². The van der Waals surface area contributed by atoms with Gasteiger partial charge >= 0.3 is 5.97 Å². The zero-order valence-corrected chi connectivity index (χ0v) is 16.1. The summed E-state index contributed by atoms with van der Waals surface area (Å²) in [4.78, 5) is 11.0. The molecule has 142 valence electrons. The number of ether oxygens (including phenoxy) is 2. The molecule has 3 aliphatic rings. The van der Waals surface area contributed by atoms with Gasteiger partial charge in [0.1, 0.15) is 0 Å². The minimum atomic E-state index is -1.31. The molecular formula is C21H28O5.